The smallest absolute Gasteiger partial charge is 0.193 e. The Morgan fingerprint density at radius 2 is 1.88 bits per heavy atom. The minimum atomic E-state index is -0.0481. The molecule has 3 rings (SSSR count). The number of hydrogen-bond acceptors (Lipinski definition) is 3. The van der Waals surface area contributed by atoms with E-state index >= 15 is 0 Å². The first-order valence-electron chi connectivity index (χ1n) is 8.58. The Balaban J connectivity index is 1.72. The van der Waals surface area contributed by atoms with Gasteiger partial charge in [0.1, 0.15) is 5.75 Å². The molecule has 0 aliphatic heterocycles. The van der Waals surface area contributed by atoms with Crippen molar-refractivity contribution >= 4 is 23.2 Å². The van der Waals surface area contributed by atoms with E-state index in [4.69, 9.17) is 22.1 Å². The van der Waals surface area contributed by atoms with E-state index < -0.39 is 0 Å². The van der Waals surface area contributed by atoms with Gasteiger partial charge in [-0.25, -0.2) is 0 Å². The van der Waals surface area contributed by atoms with Crippen LogP contribution in [-0.2, 0) is 12.8 Å². The summed E-state index contributed by atoms with van der Waals surface area (Å²) >= 11 is 6.16. The summed E-state index contributed by atoms with van der Waals surface area (Å²) in [6.07, 6.45) is 1.95. The number of aliphatic imine (C=N–C) groups is 1. The fraction of sp³-hybridized carbons (Fsp3) is 0.350. The van der Waals surface area contributed by atoms with E-state index in [-0.39, 0.29) is 5.54 Å². The van der Waals surface area contributed by atoms with Crippen LogP contribution in [0.5, 0.6) is 5.75 Å². The standard InChI is InChI=1S/C20H25ClN4O/c1-25(2)20(11-14-6-4-5-7-15(14)12-20)13-23-19(22)24-16-8-9-18(26-3)17(21)10-16/h4-10H,11-13H2,1-3H3,(H3,22,23,24). The highest BCUT2D eigenvalue weighted by atomic mass is 35.5. The Morgan fingerprint density at radius 1 is 1.23 bits per heavy atom. The quantitative estimate of drug-likeness (QED) is 0.625. The van der Waals surface area contributed by atoms with Crippen LogP contribution in [0, 0.1) is 0 Å². The van der Waals surface area contributed by atoms with Gasteiger partial charge in [0.2, 0.25) is 0 Å². The van der Waals surface area contributed by atoms with Crippen molar-refractivity contribution < 1.29 is 4.74 Å². The maximum Gasteiger partial charge on any atom is 0.193 e. The number of nitrogens with one attached hydrogen (secondary N) is 1. The Bertz CT molecular complexity index is 794. The lowest BCUT2D eigenvalue weighted by Gasteiger charge is -2.35. The van der Waals surface area contributed by atoms with E-state index in [2.05, 4.69) is 53.6 Å². The number of likely N-dealkylation sites (N-methyl/N-ethyl adjacent to an activating group) is 1. The molecule has 0 heterocycles. The van der Waals surface area contributed by atoms with E-state index in [9.17, 15) is 0 Å². The van der Waals surface area contributed by atoms with Gasteiger partial charge in [0.25, 0.3) is 0 Å². The highest BCUT2D eigenvalue weighted by Gasteiger charge is 2.38. The van der Waals surface area contributed by atoms with Gasteiger partial charge < -0.3 is 20.7 Å². The van der Waals surface area contributed by atoms with Crippen LogP contribution in [0.1, 0.15) is 11.1 Å². The van der Waals surface area contributed by atoms with Gasteiger partial charge in [-0.3, -0.25) is 4.99 Å². The van der Waals surface area contributed by atoms with Crippen molar-refractivity contribution in [2.24, 2.45) is 10.7 Å². The van der Waals surface area contributed by atoms with E-state index in [0.29, 0.717) is 23.3 Å². The Morgan fingerprint density at radius 3 is 2.42 bits per heavy atom. The molecule has 0 aromatic heterocycles. The number of benzene rings is 2. The number of nitrogens with two attached hydrogens (primary N) is 1. The predicted molar refractivity (Wildman–Crippen MR) is 108 cm³/mol. The average molecular weight is 373 g/mol. The van der Waals surface area contributed by atoms with Crippen LogP contribution in [0.2, 0.25) is 5.02 Å². The van der Waals surface area contributed by atoms with Gasteiger partial charge in [0, 0.05) is 11.2 Å². The summed E-state index contributed by atoms with van der Waals surface area (Å²) in [5.74, 6) is 1.01. The molecule has 138 valence electrons. The van der Waals surface area contributed by atoms with Crippen molar-refractivity contribution in [3.63, 3.8) is 0 Å². The molecule has 0 fully saturated rings. The summed E-state index contributed by atoms with van der Waals surface area (Å²) in [6.45, 7) is 0.622. The largest absolute Gasteiger partial charge is 0.495 e. The SMILES string of the molecule is COc1ccc(NC(N)=NCC2(N(C)C)Cc3ccccc3C2)cc1Cl. The van der Waals surface area contributed by atoms with Crippen molar-refractivity contribution in [3.05, 3.63) is 58.6 Å². The first kappa shape index (κ1) is 18.5. The number of ether oxygens (including phenoxy) is 1. The second kappa shape index (κ2) is 7.56. The lowest BCUT2D eigenvalue weighted by molar-refractivity contribution is 0.172. The van der Waals surface area contributed by atoms with Crippen molar-refractivity contribution in [2.75, 3.05) is 33.1 Å². The van der Waals surface area contributed by atoms with Crippen molar-refractivity contribution in [1.82, 2.24) is 4.90 Å². The molecule has 0 amide bonds. The summed E-state index contributed by atoms with van der Waals surface area (Å²) in [4.78, 5) is 6.88. The maximum absolute atomic E-state index is 6.16. The molecule has 0 atom stereocenters. The van der Waals surface area contributed by atoms with Crippen LogP contribution in [0.3, 0.4) is 0 Å². The third kappa shape index (κ3) is 3.79. The third-order valence-corrected chi connectivity index (χ3v) is 5.37. The van der Waals surface area contributed by atoms with Crippen LogP contribution in [-0.4, -0.2) is 44.1 Å². The number of halogens is 1. The summed E-state index contributed by atoms with van der Waals surface area (Å²) in [5, 5.41) is 3.63. The first-order chi connectivity index (χ1) is 12.4. The Labute approximate surface area is 159 Å². The normalized spacial score (nSPS) is 15.8. The number of nitrogens with zero attached hydrogens (tertiary/aromatic N) is 2. The lowest BCUT2D eigenvalue weighted by atomic mass is 9.94. The minimum Gasteiger partial charge on any atom is -0.495 e. The lowest BCUT2D eigenvalue weighted by Crippen LogP contribution is -2.48. The molecule has 0 spiro atoms. The van der Waals surface area contributed by atoms with Crippen LogP contribution in [0.15, 0.2) is 47.5 Å². The van der Waals surface area contributed by atoms with Crippen LogP contribution in [0.4, 0.5) is 5.69 Å². The zero-order valence-electron chi connectivity index (χ0n) is 15.4. The van der Waals surface area contributed by atoms with Crippen LogP contribution in [0.25, 0.3) is 0 Å². The number of rotatable bonds is 5. The second-order valence-corrected chi connectivity index (χ2v) is 7.32. The molecule has 2 aromatic rings. The number of anilines is 1. The molecule has 0 saturated carbocycles. The summed E-state index contributed by atoms with van der Waals surface area (Å²) in [5.41, 5.74) is 9.64. The molecule has 0 saturated heterocycles. The summed E-state index contributed by atoms with van der Waals surface area (Å²) in [6, 6.07) is 14.0. The Hall–Kier alpha value is -2.24. The number of guanidine groups is 1. The highest BCUT2D eigenvalue weighted by Crippen LogP contribution is 2.33. The number of fused-ring (bicyclic) bond motifs is 1. The number of methoxy groups -OCH3 is 1. The van der Waals surface area contributed by atoms with Gasteiger partial charge in [-0.1, -0.05) is 35.9 Å². The van der Waals surface area contributed by atoms with Crippen molar-refractivity contribution in [2.45, 2.75) is 18.4 Å². The van der Waals surface area contributed by atoms with E-state index in [0.717, 1.165) is 18.5 Å². The highest BCUT2D eigenvalue weighted by molar-refractivity contribution is 6.32. The fourth-order valence-electron chi connectivity index (χ4n) is 3.41. The maximum atomic E-state index is 6.16. The van der Waals surface area contributed by atoms with Gasteiger partial charge in [0.05, 0.1) is 18.7 Å². The number of hydrogen-bond donors (Lipinski definition) is 2. The molecular formula is C20H25ClN4O. The molecule has 0 bridgehead atoms. The first-order valence-corrected chi connectivity index (χ1v) is 8.96. The van der Waals surface area contributed by atoms with Gasteiger partial charge in [0.15, 0.2) is 5.96 Å². The molecule has 6 heteroatoms. The molecule has 0 radical (unpaired) electrons. The van der Waals surface area contributed by atoms with Crippen LogP contribution < -0.4 is 15.8 Å². The van der Waals surface area contributed by atoms with E-state index in [1.807, 2.05) is 6.07 Å². The molecule has 1 aliphatic rings. The van der Waals surface area contributed by atoms with Gasteiger partial charge in [-0.2, -0.15) is 0 Å². The second-order valence-electron chi connectivity index (χ2n) is 6.92. The molecule has 2 aromatic carbocycles. The Kier molecular flexibility index (Phi) is 5.39. The van der Waals surface area contributed by atoms with Crippen molar-refractivity contribution in [3.8, 4) is 5.75 Å². The minimum absolute atomic E-state index is 0.0481. The topological polar surface area (TPSA) is 62.9 Å². The predicted octanol–water partition coefficient (Wildman–Crippen LogP) is 3.17. The summed E-state index contributed by atoms with van der Waals surface area (Å²) in [7, 11) is 5.80. The monoisotopic (exact) mass is 372 g/mol. The van der Waals surface area contributed by atoms with Gasteiger partial charge in [-0.05, 0) is 56.3 Å². The van der Waals surface area contributed by atoms with Crippen molar-refractivity contribution in [1.29, 1.82) is 0 Å². The molecule has 0 unspecified atom stereocenters. The fourth-order valence-corrected chi connectivity index (χ4v) is 3.66. The molecule has 26 heavy (non-hydrogen) atoms. The van der Waals surface area contributed by atoms with Crippen LogP contribution >= 0.6 is 11.6 Å². The summed E-state index contributed by atoms with van der Waals surface area (Å²) < 4.78 is 5.16. The molecule has 3 N–H and O–H groups in total. The average Bonchev–Trinajstić information content (AvgIpc) is 3.00. The third-order valence-electron chi connectivity index (χ3n) is 5.07. The molecule has 1 aliphatic carbocycles. The van der Waals surface area contributed by atoms with Gasteiger partial charge >= 0.3 is 0 Å². The molecule has 5 nitrogen and oxygen atoms in total. The van der Waals surface area contributed by atoms with E-state index in [1.165, 1.54) is 11.1 Å². The molecular weight excluding hydrogens is 348 g/mol. The zero-order chi connectivity index (χ0) is 18.7. The zero-order valence-corrected chi connectivity index (χ0v) is 16.2. The van der Waals surface area contributed by atoms with Gasteiger partial charge in [-0.15, -0.1) is 0 Å². The van der Waals surface area contributed by atoms with E-state index in [1.54, 1.807) is 19.2 Å².